The molecule has 0 unspecified atom stereocenters. The molecule has 0 fully saturated rings. The van der Waals surface area contributed by atoms with Crippen LogP contribution in [0.3, 0.4) is 0 Å². The van der Waals surface area contributed by atoms with E-state index in [1.54, 1.807) is 0 Å². The fourth-order valence-electron chi connectivity index (χ4n) is 0.399. The van der Waals surface area contributed by atoms with Crippen molar-refractivity contribution in [2.45, 2.75) is 26.3 Å². The SMILES string of the molecule is C=CC(=O)O[N+](C)(C)C(C)(C)C. The van der Waals surface area contributed by atoms with Crippen molar-refractivity contribution in [1.29, 1.82) is 0 Å². The van der Waals surface area contributed by atoms with Gasteiger partial charge in [0.2, 0.25) is 0 Å². The minimum Gasteiger partial charge on any atom is -0.272 e. The molecule has 0 heterocycles. The lowest BCUT2D eigenvalue weighted by molar-refractivity contribution is -1.09. The second-order valence-corrected chi connectivity index (χ2v) is 4.14. The Morgan fingerprint density at radius 1 is 1.42 bits per heavy atom. The molecule has 3 nitrogen and oxygen atoms in total. The van der Waals surface area contributed by atoms with Crippen LogP contribution in [0.5, 0.6) is 0 Å². The van der Waals surface area contributed by atoms with Crippen LogP contribution in [0.4, 0.5) is 0 Å². The van der Waals surface area contributed by atoms with Crippen molar-refractivity contribution in [2.24, 2.45) is 0 Å². The standard InChI is InChI=1S/C9H18NO2/c1-7-8(11)12-10(5,6)9(2,3)4/h7H,1H2,2-6H3/q+1. The van der Waals surface area contributed by atoms with Gasteiger partial charge in [0.1, 0.15) is 19.6 Å². The van der Waals surface area contributed by atoms with Crippen molar-refractivity contribution in [3.05, 3.63) is 12.7 Å². The molecule has 0 rings (SSSR count). The fraction of sp³-hybridized carbons (Fsp3) is 0.667. The molecule has 0 aromatic rings. The number of hydroxylamine groups is 3. The largest absolute Gasteiger partial charge is 0.389 e. The first-order valence-electron chi connectivity index (χ1n) is 3.91. The normalized spacial score (nSPS) is 12.4. The summed E-state index contributed by atoms with van der Waals surface area (Å²) in [6, 6.07) is 0. The van der Waals surface area contributed by atoms with Crippen LogP contribution < -0.4 is 0 Å². The van der Waals surface area contributed by atoms with Gasteiger partial charge >= 0.3 is 5.97 Å². The molecule has 0 saturated carbocycles. The predicted octanol–water partition coefficient (Wildman–Crippen LogP) is 1.51. The van der Waals surface area contributed by atoms with Gasteiger partial charge in [-0.1, -0.05) is 6.58 Å². The van der Waals surface area contributed by atoms with Gasteiger partial charge in [0.25, 0.3) is 0 Å². The first-order valence-corrected chi connectivity index (χ1v) is 3.91. The summed E-state index contributed by atoms with van der Waals surface area (Å²) < 4.78 is 0.192. The topological polar surface area (TPSA) is 26.3 Å². The molecule has 0 atom stereocenters. The lowest BCUT2D eigenvalue weighted by Crippen LogP contribution is -2.54. The minimum atomic E-state index is -0.394. The second kappa shape index (κ2) is 3.27. The van der Waals surface area contributed by atoms with Gasteiger partial charge in [-0.05, 0) is 20.8 Å². The molecule has 0 aliphatic rings. The number of carbonyl (C=O) groups is 1. The van der Waals surface area contributed by atoms with Crippen molar-refractivity contribution in [1.82, 2.24) is 0 Å². The Hall–Kier alpha value is -0.830. The smallest absolute Gasteiger partial charge is 0.272 e. The van der Waals surface area contributed by atoms with Crippen molar-refractivity contribution < 1.29 is 14.3 Å². The number of rotatable bonds is 2. The molecule has 0 radical (unpaired) electrons. The van der Waals surface area contributed by atoms with Crippen LogP contribution in [0.25, 0.3) is 0 Å². The molecule has 0 spiro atoms. The van der Waals surface area contributed by atoms with Crippen molar-refractivity contribution in [3.63, 3.8) is 0 Å². The van der Waals surface area contributed by atoms with E-state index in [4.69, 9.17) is 4.84 Å². The summed E-state index contributed by atoms with van der Waals surface area (Å²) in [5, 5.41) is 0. The van der Waals surface area contributed by atoms with E-state index >= 15 is 0 Å². The number of hydrogen-bond acceptors (Lipinski definition) is 2. The summed E-state index contributed by atoms with van der Waals surface area (Å²) in [7, 11) is 3.67. The van der Waals surface area contributed by atoms with E-state index < -0.39 is 5.97 Å². The molecule has 3 heteroatoms. The molecule has 0 amide bonds. The third kappa shape index (κ3) is 2.66. The highest BCUT2D eigenvalue weighted by Gasteiger charge is 2.36. The van der Waals surface area contributed by atoms with E-state index in [-0.39, 0.29) is 10.2 Å². The summed E-state index contributed by atoms with van der Waals surface area (Å²) in [6.45, 7) is 9.35. The average Bonchev–Trinajstić information content (AvgIpc) is 1.84. The Kier molecular flexibility index (Phi) is 3.04. The third-order valence-corrected chi connectivity index (χ3v) is 2.10. The van der Waals surface area contributed by atoms with E-state index in [1.807, 2.05) is 34.9 Å². The average molecular weight is 172 g/mol. The zero-order valence-corrected chi connectivity index (χ0v) is 8.55. The molecule has 0 saturated heterocycles. The minimum absolute atomic E-state index is 0.126. The first-order chi connectivity index (χ1) is 5.20. The Morgan fingerprint density at radius 2 is 1.83 bits per heavy atom. The van der Waals surface area contributed by atoms with Crippen LogP contribution in [0.1, 0.15) is 20.8 Å². The van der Waals surface area contributed by atoms with E-state index in [0.717, 1.165) is 0 Å². The summed E-state index contributed by atoms with van der Waals surface area (Å²) in [4.78, 5) is 16.1. The lowest BCUT2D eigenvalue weighted by atomic mass is 10.1. The maximum atomic E-state index is 10.9. The number of carbonyl (C=O) groups excluding carboxylic acids is 1. The van der Waals surface area contributed by atoms with Crippen molar-refractivity contribution in [3.8, 4) is 0 Å². The molecule has 70 valence electrons. The monoisotopic (exact) mass is 172 g/mol. The Morgan fingerprint density at radius 3 is 2.08 bits per heavy atom. The molecule has 0 aromatic heterocycles. The van der Waals surface area contributed by atoms with Gasteiger partial charge in [-0.25, -0.2) is 4.79 Å². The van der Waals surface area contributed by atoms with E-state index in [1.165, 1.54) is 6.08 Å². The van der Waals surface area contributed by atoms with Gasteiger partial charge < -0.3 is 0 Å². The van der Waals surface area contributed by atoms with Gasteiger partial charge in [0, 0.05) is 6.08 Å². The Balaban J connectivity index is 4.43. The van der Waals surface area contributed by atoms with Gasteiger partial charge in [-0.3, -0.25) is 4.84 Å². The molecular formula is C9H18NO2+. The Bertz CT molecular complexity index is 189. The zero-order valence-electron chi connectivity index (χ0n) is 8.55. The fourth-order valence-corrected chi connectivity index (χ4v) is 0.399. The molecule has 12 heavy (non-hydrogen) atoms. The van der Waals surface area contributed by atoms with Crippen LogP contribution >= 0.6 is 0 Å². The van der Waals surface area contributed by atoms with E-state index in [2.05, 4.69) is 6.58 Å². The zero-order chi connectivity index (χ0) is 9.99. The molecule has 0 aromatic carbocycles. The molecule has 0 N–H and O–H groups in total. The third-order valence-electron chi connectivity index (χ3n) is 2.10. The van der Waals surface area contributed by atoms with Crippen LogP contribution in [-0.4, -0.2) is 30.2 Å². The van der Waals surface area contributed by atoms with E-state index in [9.17, 15) is 4.79 Å². The molecule has 0 aliphatic carbocycles. The highest BCUT2D eigenvalue weighted by molar-refractivity contribution is 5.80. The summed E-state index contributed by atoms with van der Waals surface area (Å²) in [6.07, 6.45) is 1.17. The maximum absolute atomic E-state index is 10.9. The van der Waals surface area contributed by atoms with Crippen molar-refractivity contribution in [2.75, 3.05) is 14.1 Å². The summed E-state index contributed by atoms with van der Waals surface area (Å²) in [5.74, 6) is -0.394. The summed E-state index contributed by atoms with van der Waals surface area (Å²) in [5.41, 5.74) is -0.126. The van der Waals surface area contributed by atoms with Crippen LogP contribution in [0.15, 0.2) is 12.7 Å². The van der Waals surface area contributed by atoms with Crippen molar-refractivity contribution >= 4 is 5.97 Å². The number of hydrogen-bond donors (Lipinski definition) is 0. The second-order valence-electron chi connectivity index (χ2n) is 4.14. The van der Waals surface area contributed by atoms with E-state index in [0.29, 0.717) is 0 Å². The number of quaternary nitrogens is 1. The highest BCUT2D eigenvalue weighted by atomic mass is 16.7. The quantitative estimate of drug-likeness (QED) is 0.358. The van der Waals surface area contributed by atoms with Gasteiger partial charge in [-0.2, -0.15) is 0 Å². The van der Waals surface area contributed by atoms with Crippen LogP contribution in [0.2, 0.25) is 0 Å². The van der Waals surface area contributed by atoms with Gasteiger partial charge in [-0.15, -0.1) is 4.65 Å². The molecular weight excluding hydrogens is 154 g/mol. The predicted molar refractivity (Wildman–Crippen MR) is 48.2 cm³/mol. The Labute approximate surface area is 74.2 Å². The summed E-state index contributed by atoms with van der Waals surface area (Å²) >= 11 is 0. The van der Waals surface area contributed by atoms with Crippen LogP contribution in [0, 0.1) is 0 Å². The first kappa shape index (κ1) is 11.2. The highest BCUT2D eigenvalue weighted by Crippen LogP contribution is 2.19. The molecule has 0 bridgehead atoms. The maximum Gasteiger partial charge on any atom is 0.389 e. The number of nitrogens with zero attached hydrogens (tertiary/aromatic N) is 1. The molecule has 0 aliphatic heterocycles. The lowest BCUT2D eigenvalue weighted by Gasteiger charge is -2.37. The van der Waals surface area contributed by atoms with Gasteiger partial charge in [0.15, 0.2) is 0 Å². The van der Waals surface area contributed by atoms with Gasteiger partial charge in [0.05, 0.1) is 0 Å². The van der Waals surface area contributed by atoms with Crippen LogP contribution in [-0.2, 0) is 9.63 Å².